The van der Waals surface area contributed by atoms with Crippen molar-refractivity contribution in [1.29, 1.82) is 0 Å². The molecule has 0 N–H and O–H groups in total. The average Bonchev–Trinajstić information content (AvgIpc) is 3.52. The number of nitrogens with zero attached hydrogens (tertiary/aromatic N) is 3. The van der Waals surface area contributed by atoms with E-state index in [1.165, 1.54) is 11.3 Å². The van der Waals surface area contributed by atoms with Crippen molar-refractivity contribution < 1.29 is 14.3 Å². The highest BCUT2D eigenvalue weighted by Crippen LogP contribution is 2.34. The van der Waals surface area contributed by atoms with Gasteiger partial charge in [-0.3, -0.25) is 9.59 Å². The van der Waals surface area contributed by atoms with Gasteiger partial charge in [-0.1, -0.05) is 12.1 Å². The summed E-state index contributed by atoms with van der Waals surface area (Å²) in [5.74, 6) is 0.107. The minimum absolute atomic E-state index is 0.0339. The first-order chi connectivity index (χ1) is 14.2. The topological polar surface area (TPSA) is 62.7 Å². The highest BCUT2D eigenvalue weighted by molar-refractivity contribution is 7.26. The number of rotatable bonds is 3. The quantitative estimate of drug-likeness (QED) is 0.642. The van der Waals surface area contributed by atoms with Crippen LogP contribution in [0.3, 0.4) is 0 Å². The van der Waals surface area contributed by atoms with E-state index in [-0.39, 0.29) is 17.9 Å². The maximum atomic E-state index is 12.9. The second-order valence-electron chi connectivity index (χ2n) is 7.27. The van der Waals surface area contributed by atoms with E-state index < -0.39 is 0 Å². The number of fused-ring (bicyclic) bond motifs is 1. The summed E-state index contributed by atoms with van der Waals surface area (Å²) in [6, 6.07) is 11.9. The van der Waals surface area contributed by atoms with E-state index in [4.69, 9.17) is 4.74 Å². The van der Waals surface area contributed by atoms with Crippen molar-refractivity contribution in [2.45, 2.75) is 18.9 Å². The number of piperazine rings is 1. The van der Waals surface area contributed by atoms with Crippen LogP contribution in [0.15, 0.2) is 36.4 Å². The molecule has 2 saturated heterocycles. The Labute approximate surface area is 176 Å². The average molecular weight is 428 g/mol. The zero-order chi connectivity index (χ0) is 19.8. The smallest absolute Gasteiger partial charge is 0.264 e. The fourth-order valence-corrected chi connectivity index (χ4v) is 5.80. The van der Waals surface area contributed by atoms with E-state index in [0.717, 1.165) is 37.8 Å². The monoisotopic (exact) mass is 427 g/mol. The van der Waals surface area contributed by atoms with E-state index in [9.17, 15) is 9.59 Å². The van der Waals surface area contributed by atoms with Crippen molar-refractivity contribution in [2.24, 2.45) is 0 Å². The molecule has 2 aliphatic heterocycles. The second kappa shape index (κ2) is 7.85. The fraction of sp³-hybridized carbons (Fsp3) is 0.381. The van der Waals surface area contributed by atoms with Gasteiger partial charge in [-0.2, -0.15) is 0 Å². The third-order valence-electron chi connectivity index (χ3n) is 5.41. The number of benzene rings is 1. The zero-order valence-corrected chi connectivity index (χ0v) is 17.5. The second-order valence-corrected chi connectivity index (χ2v) is 9.38. The predicted octanol–water partition coefficient (Wildman–Crippen LogP) is 3.49. The molecular weight excluding hydrogens is 406 g/mol. The Morgan fingerprint density at radius 2 is 1.79 bits per heavy atom. The summed E-state index contributed by atoms with van der Waals surface area (Å²) in [7, 11) is 0. The summed E-state index contributed by atoms with van der Waals surface area (Å²) in [5.41, 5.74) is 0.987. The maximum absolute atomic E-state index is 12.9. The number of carbonyl (C=O) groups excluding carboxylic acids is 2. The number of hydrogen-bond donors (Lipinski definition) is 0. The molecule has 6 nitrogen and oxygen atoms in total. The van der Waals surface area contributed by atoms with Gasteiger partial charge in [0.1, 0.15) is 11.1 Å². The van der Waals surface area contributed by atoms with E-state index in [0.29, 0.717) is 32.8 Å². The van der Waals surface area contributed by atoms with E-state index in [1.54, 1.807) is 11.3 Å². The molecule has 2 aliphatic rings. The van der Waals surface area contributed by atoms with E-state index in [1.807, 2.05) is 40.1 Å². The van der Waals surface area contributed by atoms with Crippen LogP contribution in [0.5, 0.6) is 0 Å². The number of thiazole rings is 1. The molecule has 1 atom stereocenters. The molecular formula is C21H21N3O3S2. The minimum Gasteiger partial charge on any atom is -0.368 e. The number of amides is 2. The lowest BCUT2D eigenvalue weighted by Crippen LogP contribution is -2.52. The lowest BCUT2D eigenvalue weighted by Gasteiger charge is -2.35. The first-order valence-electron chi connectivity index (χ1n) is 9.84. The summed E-state index contributed by atoms with van der Waals surface area (Å²) in [6.07, 6.45) is 1.47. The largest absolute Gasteiger partial charge is 0.368 e. The molecule has 2 aromatic heterocycles. The van der Waals surface area contributed by atoms with Crippen molar-refractivity contribution >= 4 is 44.7 Å². The molecule has 29 heavy (non-hydrogen) atoms. The molecule has 1 aromatic carbocycles. The Morgan fingerprint density at radius 1 is 1.00 bits per heavy atom. The lowest BCUT2D eigenvalue weighted by molar-refractivity contribution is -0.142. The Morgan fingerprint density at radius 3 is 2.55 bits per heavy atom. The molecule has 0 bridgehead atoms. The first-order valence-corrected chi connectivity index (χ1v) is 11.5. The van der Waals surface area contributed by atoms with Gasteiger partial charge >= 0.3 is 0 Å². The highest BCUT2D eigenvalue weighted by Gasteiger charge is 2.31. The van der Waals surface area contributed by atoms with Crippen LogP contribution < -0.4 is 0 Å². The Bertz CT molecular complexity index is 1010. The number of ether oxygens (including phenoxy) is 1. The fourth-order valence-electron chi connectivity index (χ4n) is 3.81. The Hall–Kier alpha value is -2.29. The third-order valence-corrected chi connectivity index (χ3v) is 7.68. The van der Waals surface area contributed by atoms with Crippen molar-refractivity contribution in [2.75, 3.05) is 32.8 Å². The van der Waals surface area contributed by atoms with Gasteiger partial charge in [-0.15, -0.1) is 22.7 Å². The molecule has 8 heteroatoms. The predicted molar refractivity (Wildman–Crippen MR) is 114 cm³/mol. The molecule has 4 heterocycles. The van der Waals surface area contributed by atoms with Gasteiger partial charge in [-0.05, 0) is 37.1 Å². The number of aromatic nitrogens is 1. The van der Waals surface area contributed by atoms with Crippen molar-refractivity contribution in [1.82, 2.24) is 14.8 Å². The van der Waals surface area contributed by atoms with Crippen LogP contribution in [-0.2, 0) is 9.53 Å². The standard InChI is InChI=1S/C21H21N3O3S2/c25-20(15-5-3-13-27-15)23-9-11-24(12-10-23)21(26)18-8-7-17(28-18)19-22-14-4-1-2-6-16(14)29-19/h1-2,4,6-8,15H,3,5,9-13H2. The highest BCUT2D eigenvalue weighted by atomic mass is 32.1. The normalized spacial score (nSPS) is 19.8. The Kier molecular flexibility index (Phi) is 5.07. The van der Waals surface area contributed by atoms with E-state index >= 15 is 0 Å². The minimum atomic E-state index is -0.286. The molecule has 0 saturated carbocycles. The molecule has 2 amide bonds. The van der Waals surface area contributed by atoms with Crippen LogP contribution in [0.4, 0.5) is 0 Å². The molecule has 0 spiro atoms. The number of hydrogen-bond acceptors (Lipinski definition) is 6. The van der Waals surface area contributed by atoms with Crippen LogP contribution in [0.1, 0.15) is 22.5 Å². The number of thiophene rings is 1. The van der Waals surface area contributed by atoms with Crippen LogP contribution in [0, 0.1) is 0 Å². The molecule has 2 fully saturated rings. The summed E-state index contributed by atoms with van der Waals surface area (Å²) in [6.45, 7) is 2.93. The van der Waals surface area contributed by atoms with Crippen molar-refractivity contribution in [3.05, 3.63) is 41.3 Å². The van der Waals surface area contributed by atoms with Gasteiger partial charge < -0.3 is 14.5 Å². The van der Waals surface area contributed by atoms with Gasteiger partial charge in [0, 0.05) is 32.8 Å². The van der Waals surface area contributed by atoms with Crippen molar-refractivity contribution in [3.8, 4) is 9.88 Å². The molecule has 1 unspecified atom stereocenters. The molecule has 0 radical (unpaired) electrons. The molecule has 150 valence electrons. The molecule has 5 rings (SSSR count). The maximum Gasteiger partial charge on any atom is 0.264 e. The van der Waals surface area contributed by atoms with Crippen LogP contribution in [0.2, 0.25) is 0 Å². The summed E-state index contributed by atoms with van der Waals surface area (Å²) in [4.78, 5) is 35.5. The molecule has 3 aromatic rings. The number of para-hydroxylation sites is 1. The Balaban J connectivity index is 1.24. The van der Waals surface area contributed by atoms with Gasteiger partial charge in [-0.25, -0.2) is 4.98 Å². The van der Waals surface area contributed by atoms with Crippen LogP contribution >= 0.6 is 22.7 Å². The zero-order valence-electron chi connectivity index (χ0n) is 15.9. The lowest BCUT2D eigenvalue weighted by atomic mass is 10.2. The SMILES string of the molecule is O=C(c1ccc(-c2nc3ccccc3s2)s1)N1CCN(C(=O)C2CCCO2)CC1. The van der Waals surface area contributed by atoms with E-state index in [2.05, 4.69) is 11.1 Å². The summed E-state index contributed by atoms with van der Waals surface area (Å²) >= 11 is 3.13. The van der Waals surface area contributed by atoms with Crippen LogP contribution in [0.25, 0.3) is 20.1 Å². The van der Waals surface area contributed by atoms with Gasteiger partial charge in [0.25, 0.3) is 11.8 Å². The van der Waals surface area contributed by atoms with Crippen LogP contribution in [-0.4, -0.2) is 65.5 Å². The first kappa shape index (κ1) is 18.7. The van der Waals surface area contributed by atoms with Gasteiger partial charge in [0.2, 0.25) is 0 Å². The summed E-state index contributed by atoms with van der Waals surface area (Å²) < 4.78 is 6.65. The molecule has 0 aliphatic carbocycles. The number of carbonyl (C=O) groups is 2. The van der Waals surface area contributed by atoms with Gasteiger partial charge in [0.15, 0.2) is 0 Å². The third kappa shape index (κ3) is 3.68. The van der Waals surface area contributed by atoms with Crippen molar-refractivity contribution in [3.63, 3.8) is 0 Å². The van der Waals surface area contributed by atoms with Gasteiger partial charge in [0.05, 0.1) is 20.0 Å². The summed E-state index contributed by atoms with van der Waals surface area (Å²) in [5, 5.41) is 0.947.